The summed E-state index contributed by atoms with van der Waals surface area (Å²) >= 11 is 6.51. The number of aliphatic hydroxyl groups excluding tert-OH is 1. The summed E-state index contributed by atoms with van der Waals surface area (Å²) in [5, 5.41) is 14.0. The fraction of sp³-hybridized carbons (Fsp3) is 0.258. The lowest BCUT2D eigenvalue weighted by Gasteiger charge is -2.25. The van der Waals surface area contributed by atoms with Crippen molar-refractivity contribution in [3.8, 4) is 0 Å². The Morgan fingerprint density at radius 2 is 1.88 bits per heavy atom. The second kappa shape index (κ2) is 11.5. The van der Waals surface area contributed by atoms with Crippen LogP contribution in [0.25, 0.3) is 22.0 Å². The molecule has 0 unspecified atom stereocenters. The number of carbonyl (C=O) groups is 2. The zero-order chi connectivity index (χ0) is 28.4. The molecule has 0 saturated carbocycles. The highest BCUT2D eigenvalue weighted by atomic mass is 35.5. The van der Waals surface area contributed by atoms with Crippen LogP contribution in [0.3, 0.4) is 0 Å². The molecule has 0 aliphatic rings. The first-order chi connectivity index (χ1) is 19.3. The summed E-state index contributed by atoms with van der Waals surface area (Å²) in [5.74, 6) is -0.0118. The summed E-state index contributed by atoms with van der Waals surface area (Å²) in [5.41, 5.74) is 5.45. The zero-order valence-corrected chi connectivity index (χ0v) is 23.4. The summed E-state index contributed by atoms with van der Waals surface area (Å²) in [6.07, 6.45) is 0.754. The SMILES string of the molecule is Cc1nc2cc(N(C)C(=O)[C@H](Cc3ccccc3)NC(=O)Cn3c(C)c(CCO)c4c(Cl)cccc43)ccc2o1. The molecule has 206 valence electrons. The number of hydrogen-bond donors (Lipinski definition) is 2. The third-order valence-corrected chi connectivity index (χ3v) is 7.52. The number of anilines is 1. The van der Waals surface area contributed by atoms with Gasteiger partial charge in [0.25, 0.3) is 0 Å². The largest absolute Gasteiger partial charge is 0.441 e. The lowest BCUT2D eigenvalue weighted by molar-refractivity contribution is -0.127. The minimum Gasteiger partial charge on any atom is -0.441 e. The highest BCUT2D eigenvalue weighted by Crippen LogP contribution is 2.32. The van der Waals surface area contributed by atoms with E-state index in [1.54, 1.807) is 38.2 Å². The number of amides is 2. The number of oxazole rings is 1. The zero-order valence-electron chi connectivity index (χ0n) is 22.6. The van der Waals surface area contributed by atoms with E-state index in [-0.39, 0.29) is 25.0 Å². The van der Waals surface area contributed by atoms with Crippen LogP contribution in [-0.2, 0) is 29.0 Å². The summed E-state index contributed by atoms with van der Waals surface area (Å²) in [7, 11) is 1.69. The molecule has 2 amide bonds. The molecule has 0 fully saturated rings. The number of rotatable bonds is 9. The fourth-order valence-electron chi connectivity index (χ4n) is 5.22. The Kier molecular flexibility index (Phi) is 7.91. The Bertz CT molecular complexity index is 1690. The molecule has 9 heteroatoms. The Morgan fingerprint density at radius 1 is 1.10 bits per heavy atom. The number of aromatic nitrogens is 2. The van der Waals surface area contributed by atoms with Crippen LogP contribution >= 0.6 is 11.6 Å². The molecule has 5 aromatic rings. The summed E-state index contributed by atoms with van der Waals surface area (Å²) < 4.78 is 7.45. The van der Waals surface area contributed by atoms with Crippen molar-refractivity contribution in [1.82, 2.24) is 14.9 Å². The number of aliphatic hydroxyl groups is 1. The van der Waals surface area contributed by atoms with Crippen LogP contribution < -0.4 is 10.2 Å². The number of benzene rings is 3. The maximum Gasteiger partial charge on any atom is 0.249 e. The molecular weight excluding hydrogens is 528 g/mol. The van der Waals surface area contributed by atoms with Gasteiger partial charge in [0.05, 0.1) is 10.5 Å². The number of nitrogens with zero attached hydrogens (tertiary/aromatic N) is 3. The predicted molar refractivity (Wildman–Crippen MR) is 157 cm³/mol. The second-order valence-electron chi connectivity index (χ2n) is 9.85. The van der Waals surface area contributed by atoms with E-state index in [0.29, 0.717) is 40.5 Å². The summed E-state index contributed by atoms with van der Waals surface area (Å²) in [6, 6.07) is 19.7. The Hall–Kier alpha value is -4.14. The van der Waals surface area contributed by atoms with Crippen molar-refractivity contribution < 1.29 is 19.1 Å². The van der Waals surface area contributed by atoms with E-state index in [1.165, 1.54) is 4.90 Å². The predicted octanol–water partition coefficient (Wildman–Crippen LogP) is 4.98. The van der Waals surface area contributed by atoms with Crippen molar-refractivity contribution in [1.29, 1.82) is 0 Å². The smallest absolute Gasteiger partial charge is 0.249 e. The first-order valence-electron chi connectivity index (χ1n) is 13.1. The van der Waals surface area contributed by atoms with Gasteiger partial charge >= 0.3 is 0 Å². The van der Waals surface area contributed by atoms with Crippen molar-refractivity contribution in [2.24, 2.45) is 0 Å². The topological polar surface area (TPSA) is 101 Å². The summed E-state index contributed by atoms with van der Waals surface area (Å²) in [6.45, 7) is 3.66. The Morgan fingerprint density at radius 3 is 2.62 bits per heavy atom. The third kappa shape index (κ3) is 5.46. The standard InChI is InChI=1S/C31H31ClN4O4/c1-19-23(14-15-37)30-24(32)10-7-11-27(30)36(19)18-29(38)34-26(16-21-8-5-4-6-9-21)31(39)35(3)22-12-13-28-25(17-22)33-20(2)40-28/h4-13,17,26,37H,14-16,18H2,1-3H3,(H,34,38)/t26-/m0/s1. The molecule has 40 heavy (non-hydrogen) atoms. The first kappa shape index (κ1) is 27.4. The lowest BCUT2D eigenvalue weighted by Crippen LogP contribution is -2.49. The second-order valence-corrected chi connectivity index (χ2v) is 10.3. The minimum absolute atomic E-state index is 0.000559. The lowest BCUT2D eigenvalue weighted by atomic mass is 10.0. The van der Waals surface area contributed by atoms with Gasteiger partial charge in [0.2, 0.25) is 11.8 Å². The van der Waals surface area contributed by atoms with Gasteiger partial charge in [0, 0.05) is 43.8 Å². The van der Waals surface area contributed by atoms with E-state index >= 15 is 0 Å². The molecule has 0 aliphatic carbocycles. The molecule has 0 spiro atoms. The number of fused-ring (bicyclic) bond motifs is 2. The monoisotopic (exact) mass is 558 g/mol. The molecule has 0 saturated heterocycles. The number of likely N-dealkylation sites (N-methyl/N-ethyl adjacent to an activating group) is 1. The van der Waals surface area contributed by atoms with Gasteiger partial charge in [-0.2, -0.15) is 0 Å². The Balaban J connectivity index is 1.43. The van der Waals surface area contributed by atoms with Gasteiger partial charge in [-0.15, -0.1) is 0 Å². The van der Waals surface area contributed by atoms with E-state index in [9.17, 15) is 14.7 Å². The van der Waals surface area contributed by atoms with E-state index in [1.807, 2.05) is 54.0 Å². The first-order valence-corrected chi connectivity index (χ1v) is 13.5. The maximum atomic E-state index is 13.8. The van der Waals surface area contributed by atoms with Gasteiger partial charge in [0.15, 0.2) is 11.5 Å². The molecule has 2 heterocycles. The highest BCUT2D eigenvalue weighted by molar-refractivity contribution is 6.35. The van der Waals surface area contributed by atoms with Crippen LogP contribution in [0.5, 0.6) is 0 Å². The Labute approximate surface area is 237 Å². The van der Waals surface area contributed by atoms with Gasteiger partial charge in [-0.25, -0.2) is 4.98 Å². The highest BCUT2D eigenvalue weighted by Gasteiger charge is 2.27. The van der Waals surface area contributed by atoms with Crippen LogP contribution in [0.4, 0.5) is 5.69 Å². The van der Waals surface area contributed by atoms with Gasteiger partial charge in [-0.3, -0.25) is 9.59 Å². The van der Waals surface area contributed by atoms with Gasteiger partial charge < -0.3 is 24.3 Å². The molecule has 0 bridgehead atoms. The molecule has 5 rings (SSSR count). The molecular formula is C31H31ClN4O4. The molecule has 3 aromatic carbocycles. The number of carbonyl (C=O) groups excluding carboxylic acids is 2. The number of hydrogen-bond acceptors (Lipinski definition) is 5. The fourth-order valence-corrected chi connectivity index (χ4v) is 5.50. The van der Waals surface area contributed by atoms with Gasteiger partial charge in [0.1, 0.15) is 18.1 Å². The number of aryl methyl sites for hydroxylation is 1. The van der Waals surface area contributed by atoms with Crippen LogP contribution in [0.1, 0.15) is 22.7 Å². The third-order valence-electron chi connectivity index (χ3n) is 7.20. The van der Waals surface area contributed by atoms with E-state index < -0.39 is 6.04 Å². The van der Waals surface area contributed by atoms with Crippen LogP contribution in [0.15, 0.2) is 71.1 Å². The maximum absolute atomic E-state index is 13.8. The molecule has 0 aliphatic heterocycles. The van der Waals surface area contributed by atoms with E-state index in [2.05, 4.69) is 10.3 Å². The molecule has 0 radical (unpaired) electrons. The molecule has 1 atom stereocenters. The average Bonchev–Trinajstić information content (AvgIpc) is 3.45. The van der Waals surface area contributed by atoms with E-state index in [0.717, 1.165) is 27.7 Å². The molecule has 2 aromatic heterocycles. The number of halogens is 1. The normalized spacial score (nSPS) is 12.1. The number of nitrogens with one attached hydrogen (secondary N) is 1. The van der Waals surface area contributed by atoms with Crippen molar-refractivity contribution in [3.05, 3.63) is 94.5 Å². The van der Waals surface area contributed by atoms with Crippen molar-refractivity contribution >= 4 is 51.1 Å². The minimum atomic E-state index is -0.808. The van der Waals surface area contributed by atoms with Crippen LogP contribution in [-0.4, -0.2) is 46.2 Å². The molecule has 2 N–H and O–H groups in total. The average molecular weight is 559 g/mol. The van der Waals surface area contributed by atoms with Crippen LogP contribution in [0, 0.1) is 13.8 Å². The van der Waals surface area contributed by atoms with Crippen molar-refractivity contribution in [2.45, 2.75) is 39.3 Å². The van der Waals surface area contributed by atoms with Crippen LogP contribution in [0.2, 0.25) is 5.02 Å². The van der Waals surface area contributed by atoms with E-state index in [4.69, 9.17) is 16.0 Å². The van der Waals surface area contributed by atoms with Gasteiger partial charge in [-0.1, -0.05) is 48.0 Å². The van der Waals surface area contributed by atoms with Crippen molar-refractivity contribution in [2.75, 3.05) is 18.6 Å². The molecule has 8 nitrogen and oxygen atoms in total. The summed E-state index contributed by atoms with van der Waals surface area (Å²) in [4.78, 5) is 33.2. The van der Waals surface area contributed by atoms with Gasteiger partial charge in [-0.05, 0) is 54.8 Å². The van der Waals surface area contributed by atoms with Crippen molar-refractivity contribution in [3.63, 3.8) is 0 Å². The quantitative estimate of drug-likeness (QED) is 0.266.